The first-order valence-electron chi connectivity index (χ1n) is 7.19. The number of nitrogens with zero attached hydrogens (tertiary/aromatic N) is 2. The Hall–Kier alpha value is -1.89. The molecule has 3 rings (SSSR count). The average Bonchev–Trinajstić information content (AvgIpc) is 3.03. The molecule has 0 atom stereocenters. The Labute approximate surface area is 153 Å². The molecule has 0 spiro atoms. The first-order valence-corrected chi connectivity index (χ1v) is 9.33. The third-order valence-electron chi connectivity index (χ3n) is 3.15. The molecule has 1 heterocycles. The fraction of sp³-hybridized carbons (Fsp3) is 0.118. The topological polar surface area (TPSA) is 54.9 Å². The Bertz CT molecular complexity index is 849. The highest BCUT2D eigenvalue weighted by molar-refractivity contribution is 8.01. The predicted molar refractivity (Wildman–Crippen MR) is 101 cm³/mol. The molecule has 0 aliphatic rings. The van der Waals surface area contributed by atoms with Gasteiger partial charge in [0.05, 0.1) is 5.75 Å². The fourth-order valence-electron chi connectivity index (χ4n) is 1.98. The lowest BCUT2D eigenvalue weighted by molar-refractivity contribution is -0.113. The first kappa shape index (κ1) is 17.0. The van der Waals surface area contributed by atoms with E-state index in [1.54, 1.807) is 24.3 Å². The van der Waals surface area contributed by atoms with E-state index in [1.807, 2.05) is 31.2 Å². The highest BCUT2D eigenvalue weighted by Gasteiger charge is 2.10. The van der Waals surface area contributed by atoms with E-state index in [2.05, 4.69) is 14.7 Å². The van der Waals surface area contributed by atoms with Gasteiger partial charge in [-0.05, 0) is 36.7 Å². The van der Waals surface area contributed by atoms with Gasteiger partial charge >= 0.3 is 0 Å². The number of carbonyl (C=O) groups is 1. The van der Waals surface area contributed by atoms with Crippen molar-refractivity contribution in [2.45, 2.75) is 11.3 Å². The summed E-state index contributed by atoms with van der Waals surface area (Å²) in [6.45, 7) is 2.04. The van der Waals surface area contributed by atoms with Crippen LogP contribution in [0.15, 0.2) is 52.9 Å². The van der Waals surface area contributed by atoms with Crippen molar-refractivity contribution in [3.05, 3.63) is 59.1 Å². The molecular formula is C17H14ClN3OS2. The molecule has 0 aliphatic carbocycles. The van der Waals surface area contributed by atoms with Crippen LogP contribution in [0.2, 0.25) is 5.02 Å². The smallest absolute Gasteiger partial charge is 0.234 e. The maximum absolute atomic E-state index is 12.0. The fourth-order valence-corrected chi connectivity index (χ4v) is 3.58. The van der Waals surface area contributed by atoms with Gasteiger partial charge in [0.2, 0.25) is 5.91 Å². The van der Waals surface area contributed by atoms with Crippen molar-refractivity contribution in [3.63, 3.8) is 0 Å². The van der Waals surface area contributed by atoms with Gasteiger partial charge in [0.15, 0.2) is 10.2 Å². The van der Waals surface area contributed by atoms with Gasteiger partial charge in [-0.1, -0.05) is 59.3 Å². The Morgan fingerprint density at radius 2 is 2.04 bits per heavy atom. The summed E-state index contributed by atoms with van der Waals surface area (Å²) in [5.74, 6) is 0.863. The SMILES string of the molecule is Cc1ccc(-c2nsc(SCC(=O)Nc3cccc(Cl)c3)n2)cc1. The van der Waals surface area contributed by atoms with Crippen molar-refractivity contribution >= 4 is 46.5 Å². The van der Waals surface area contributed by atoms with Crippen LogP contribution in [0.5, 0.6) is 0 Å². The number of hydrogen-bond acceptors (Lipinski definition) is 5. The van der Waals surface area contributed by atoms with Crippen molar-refractivity contribution < 1.29 is 4.79 Å². The largest absolute Gasteiger partial charge is 0.325 e. The summed E-state index contributed by atoms with van der Waals surface area (Å²) in [4.78, 5) is 16.5. The van der Waals surface area contributed by atoms with Gasteiger partial charge in [-0.25, -0.2) is 4.98 Å². The van der Waals surface area contributed by atoms with E-state index in [0.29, 0.717) is 16.5 Å². The zero-order valence-electron chi connectivity index (χ0n) is 12.8. The quantitative estimate of drug-likeness (QED) is 0.644. The molecule has 122 valence electrons. The van der Waals surface area contributed by atoms with Crippen LogP contribution in [-0.4, -0.2) is 21.0 Å². The number of anilines is 1. The molecule has 7 heteroatoms. The third-order valence-corrected chi connectivity index (χ3v) is 5.22. The lowest BCUT2D eigenvalue weighted by Crippen LogP contribution is -2.13. The Balaban J connectivity index is 1.57. The summed E-state index contributed by atoms with van der Waals surface area (Å²) in [6, 6.07) is 15.1. The molecule has 1 N–H and O–H groups in total. The van der Waals surface area contributed by atoms with Crippen LogP contribution in [-0.2, 0) is 4.79 Å². The molecule has 2 aromatic carbocycles. The van der Waals surface area contributed by atoms with E-state index in [4.69, 9.17) is 11.6 Å². The maximum atomic E-state index is 12.0. The number of rotatable bonds is 5. The maximum Gasteiger partial charge on any atom is 0.234 e. The minimum absolute atomic E-state index is 0.102. The molecule has 1 amide bonds. The number of thioether (sulfide) groups is 1. The molecule has 3 aromatic rings. The lowest BCUT2D eigenvalue weighted by Gasteiger charge is -2.04. The number of carbonyl (C=O) groups excluding carboxylic acids is 1. The summed E-state index contributed by atoms with van der Waals surface area (Å²) in [5.41, 5.74) is 2.86. The standard InChI is InChI=1S/C17H14ClN3OS2/c1-11-5-7-12(8-6-11)16-20-17(24-21-16)23-10-15(22)19-14-4-2-3-13(18)9-14/h2-9H,10H2,1H3,(H,19,22). The van der Waals surface area contributed by atoms with Gasteiger partial charge in [-0.15, -0.1) is 0 Å². The van der Waals surface area contributed by atoms with Crippen molar-refractivity contribution in [2.75, 3.05) is 11.1 Å². The van der Waals surface area contributed by atoms with Crippen molar-refractivity contribution in [1.82, 2.24) is 9.36 Å². The lowest BCUT2D eigenvalue weighted by atomic mass is 10.1. The number of aromatic nitrogens is 2. The Morgan fingerprint density at radius 3 is 2.79 bits per heavy atom. The van der Waals surface area contributed by atoms with E-state index in [1.165, 1.54) is 28.9 Å². The Morgan fingerprint density at radius 1 is 1.25 bits per heavy atom. The molecule has 0 bridgehead atoms. The summed E-state index contributed by atoms with van der Waals surface area (Å²) < 4.78 is 5.12. The highest BCUT2D eigenvalue weighted by atomic mass is 35.5. The second-order valence-electron chi connectivity index (χ2n) is 5.10. The molecule has 0 saturated carbocycles. The normalized spacial score (nSPS) is 10.6. The van der Waals surface area contributed by atoms with E-state index < -0.39 is 0 Å². The molecule has 1 aromatic heterocycles. The molecule has 0 aliphatic heterocycles. The second-order valence-corrected chi connectivity index (χ2v) is 7.51. The average molecular weight is 376 g/mol. The van der Waals surface area contributed by atoms with E-state index in [-0.39, 0.29) is 11.7 Å². The van der Waals surface area contributed by atoms with E-state index in [0.717, 1.165) is 9.90 Å². The number of aryl methyl sites for hydroxylation is 1. The summed E-state index contributed by atoms with van der Waals surface area (Å²) >= 11 is 8.57. The van der Waals surface area contributed by atoms with Crippen LogP contribution in [0.4, 0.5) is 5.69 Å². The van der Waals surface area contributed by atoms with Crippen LogP contribution < -0.4 is 5.32 Å². The van der Waals surface area contributed by atoms with Gasteiger partial charge < -0.3 is 5.32 Å². The van der Waals surface area contributed by atoms with Crippen molar-refractivity contribution in [2.24, 2.45) is 0 Å². The number of hydrogen-bond donors (Lipinski definition) is 1. The first-order chi connectivity index (χ1) is 11.6. The van der Waals surface area contributed by atoms with Crippen LogP contribution in [0.25, 0.3) is 11.4 Å². The van der Waals surface area contributed by atoms with Gasteiger partial charge in [0.25, 0.3) is 0 Å². The monoisotopic (exact) mass is 375 g/mol. The zero-order chi connectivity index (χ0) is 16.9. The highest BCUT2D eigenvalue weighted by Crippen LogP contribution is 2.25. The number of benzene rings is 2. The molecule has 0 radical (unpaired) electrons. The summed E-state index contributed by atoms with van der Waals surface area (Å²) in [7, 11) is 0. The number of halogens is 1. The number of amides is 1. The molecule has 4 nitrogen and oxygen atoms in total. The Kier molecular flexibility index (Phi) is 5.50. The predicted octanol–water partition coefficient (Wildman–Crippen LogP) is 4.90. The minimum atomic E-state index is -0.102. The van der Waals surface area contributed by atoms with Gasteiger partial charge in [-0.3, -0.25) is 4.79 Å². The third kappa shape index (κ3) is 4.56. The summed E-state index contributed by atoms with van der Waals surface area (Å²) in [5, 5.41) is 3.40. The van der Waals surface area contributed by atoms with Crippen LogP contribution in [0.3, 0.4) is 0 Å². The van der Waals surface area contributed by atoms with Crippen molar-refractivity contribution in [1.29, 1.82) is 0 Å². The van der Waals surface area contributed by atoms with Crippen LogP contribution >= 0.6 is 34.9 Å². The molecule has 0 unspecified atom stereocenters. The number of nitrogens with one attached hydrogen (secondary N) is 1. The van der Waals surface area contributed by atoms with E-state index in [9.17, 15) is 4.79 Å². The molecular weight excluding hydrogens is 362 g/mol. The van der Waals surface area contributed by atoms with Crippen molar-refractivity contribution in [3.8, 4) is 11.4 Å². The van der Waals surface area contributed by atoms with Gasteiger partial charge in [0, 0.05) is 16.3 Å². The van der Waals surface area contributed by atoms with E-state index >= 15 is 0 Å². The van der Waals surface area contributed by atoms with Crippen LogP contribution in [0, 0.1) is 6.92 Å². The molecule has 0 saturated heterocycles. The minimum Gasteiger partial charge on any atom is -0.325 e. The second kappa shape index (κ2) is 7.79. The summed E-state index contributed by atoms with van der Waals surface area (Å²) in [6.07, 6.45) is 0. The molecule has 0 fully saturated rings. The van der Waals surface area contributed by atoms with Crippen LogP contribution in [0.1, 0.15) is 5.56 Å². The molecule has 24 heavy (non-hydrogen) atoms. The zero-order valence-corrected chi connectivity index (χ0v) is 15.2. The van der Waals surface area contributed by atoms with Gasteiger partial charge in [-0.2, -0.15) is 4.37 Å². The van der Waals surface area contributed by atoms with Gasteiger partial charge in [0.1, 0.15) is 0 Å².